The van der Waals surface area contributed by atoms with Crippen LogP contribution in [0.15, 0.2) is 69.9 Å². The second-order valence-corrected chi connectivity index (χ2v) is 5.96. The Morgan fingerprint density at radius 2 is 1.91 bits per heavy atom. The first kappa shape index (κ1) is 15.8. The van der Waals surface area contributed by atoms with E-state index in [0.717, 1.165) is 5.56 Å². The number of carbonyl (C=O) groups excluding carboxylic acids is 1. The number of carbonyl (C=O) groups is 1. The summed E-state index contributed by atoms with van der Waals surface area (Å²) in [5, 5.41) is 0.599. The van der Waals surface area contributed by atoms with Crippen molar-refractivity contribution in [1.29, 1.82) is 0 Å². The molecule has 0 aliphatic carbocycles. The molecule has 4 nitrogen and oxygen atoms in total. The Morgan fingerprint density at radius 3 is 2.57 bits per heavy atom. The van der Waals surface area contributed by atoms with Crippen molar-refractivity contribution in [1.82, 2.24) is 4.98 Å². The van der Waals surface area contributed by atoms with Crippen molar-refractivity contribution in [3.05, 3.63) is 81.8 Å². The van der Waals surface area contributed by atoms with E-state index in [-0.39, 0.29) is 11.7 Å². The van der Waals surface area contributed by atoms with Gasteiger partial charge in [0.1, 0.15) is 5.82 Å². The van der Waals surface area contributed by atoms with E-state index < -0.39 is 0 Å². The Balaban J connectivity index is 1.97. The molecule has 3 rings (SSSR count). The summed E-state index contributed by atoms with van der Waals surface area (Å²) in [5.41, 5.74) is 0.832. The molecular formula is C17H12BrClN2O2. The predicted octanol–water partition coefficient (Wildman–Crippen LogP) is 4.94. The van der Waals surface area contributed by atoms with Crippen molar-refractivity contribution in [2.45, 2.75) is 6.54 Å². The number of halogens is 2. The third kappa shape index (κ3) is 3.63. The number of amides is 1. The van der Waals surface area contributed by atoms with E-state index in [0.29, 0.717) is 22.1 Å². The molecule has 1 aromatic carbocycles. The third-order valence-electron chi connectivity index (χ3n) is 3.24. The highest BCUT2D eigenvalue weighted by molar-refractivity contribution is 9.10. The van der Waals surface area contributed by atoms with Gasteiger partial charge in [-0.3, -0.25) is 9.69 Å². The summed E-state index contributed by atoms with van der Waals surface area (Å²) in [4.78, 5) is 18.6. The maximum absolute atomic E-state index is 12.8. The van der Waals surface area contributed by atoms with E-state index in [4.69, 9.17) is 16.0 Å². The van der Waals surface area contributed by atoms with Crippen molar-refractivity contribution < 1.29 is 9.21 Å². The van der Waals surface area contributed by atoms with Crippen molar-refractivity contribution >= 4 is 39.3 Å². The first-order chi connectivity index (χ1) is 11.1. The Kier molecular flexibility index (Phi) is 4.79. The first-order valence-electron chi connectivity index (χ1n) is 6.87. The maximum Gasteiger partial charge on any atom is 0.295 e. The van der Waals surface area contributed by atoms with Gasteiger partial charge in [0, 0.05) is 11.2 Å². The fourth-order valence-corrected chi connectivity index (χ4v) is 2.63. The molecule has 0 aliphatic rings. The molecule has 0 aliphatic heterocycles. The lowest BCUT2D eigenvalue weighted by Crippen LogP contribution is -2.31. The van der Waals surface area contributed by atoms with Gasteiger partial charge < -0.3 is 4.42 Å². The molecule has 0 spiro atoms. The number of benzene rings is 1. The molecule has 0 bridgehead atoms. The van der Waals surface area contributed by atoms with Crippen molar-refractivity contribution in [2.75, 3.05) is 4.90 Å². The van der Waals surface area contributed by atoms with Gasteiger partial charge >= 0.3 is 0 Å². The smallest absolute Gasteiger partial charge is 0.295 e. The highest BCUT2D eigenvalue weighted by atomic mass is 79.9. The van der Waals surface area contributed by atoms with Gasteiger partial charge in [0.2, 0.25) is 0 Å². The molecule has 0 saturated heterocycles. The summed E-state index contributed by atoms with van der Waals surface area (Å²) in [7, 11) is 0. The van der Waals surface area contributed by atoms with Crippen LogP contribution in [0, 0.1) is 0 Å². The average molecular weight is 392 g/mol. The Bertz CT molecular complexity index is 820. The van der Waals surface area contributed by atoms with Gasteiger partial charge in [-0.2, -0.15) is 0 Å². The monoisotopic (exact) mass is 390 g/mol. The number of hydrogen-bond donors (Lipinski definition) is 0. The van der Waals surface area contributed by atoms with E-state index in [9.17, 15) is 4.79 Å². The Hall–Kier alpha value is -2.11. The van der Waals surface area contributed by atoms with E-state index in [1.54, 1.807) is 36.5 Å². The molecule has 6 heteroatoms. The van der Waals surface area contributed by atoms with Crippen LogP contribution in [0.1, 0.15) is 16.1 Å². The molecule has 0 atom stereocenters. The van der Waals surface area contributed by atoms with Gasteiger partial charge in [-0.1, -0.05) is 35.9 Å². The van der Waals surface area contributed by atoms with Crippen molar-refractivity contribution in [3.8, 4) is 0 Å². The summed E-state index contributed by atoms with van der Waals surface area (Å²) in [6.45, 7) is 0.299. The molecule has 23 heavy (non-hydrogen) atoms. The van der Waals surface area contributed by atoms with Gasteiger partial charge in [0.25, 0.3) is 5.91 Å². The normalized spacial score (nSPS) is 10.5. The minimum Gasteiger partial charge on any atom is -0.444 e. The minimum atomic E-state index is -0.283. The Morgan fingerprint density at radius 1 is 1.13 bits per heavy atom. The van der Waals surface area contributed by atoms with Crippen LogP contribution in [-0.2, 0) is 6.54 Å². The predicted molar refractivity (Wildman–Crippen MR) is 92.6 cm³/mol. The number of pyridine rings is 1. The quantitative estimate of drug-likeness (QED) is 0.633. The summed E-state index contributed by atoms with van der Waals surface area (Å²) in [5.74, 6) is 0.480. The number of nitrogens with zero attached hydrogens (tertiary/aromatic N) is 2. The zero-order valence-electron chi connectivity index (χ0n) is 11.9. The van der Waals surface area contributed by atoms with Crippen molar-refractivity contribution in [2.24, 2.45) is 0 Å². The van der Waals surface area contributed by atoms with Crippen LogP contribution in [0.2, 0.25) is 5.02 Å². The minimum absolute atomic E-state index is 0.231. The second-order valence-electron chi connectivity index (χ2n) is 4.77. The molecule has 116 valence electrons. The third-order valence-corrected chi connectivity index (χ3v) is 4.04. The zero-order chi connectivity index (χ0) is 16.2. The topological polar surface area (TPSA) is 46.3 Å². The fourth-order valence-electron chi connectivity index (χ4n) is 2.13. The van der Waals surface area contributed by atoms with E-state index in [2.05, 4.69) is 20.9 Å². The highest BCUT2D eigenvalue weighted by Gasteiger charge is 2.22. The Labute approximate surface area is 146 Å². The summed E-state index contributed by atoms with van der Waals surface area (Å²) < 4.78 is 5.88. The lowest BCUT2D eigenvalue weighted by atomic mass is 10.2. The lowest BCUT2D eigenvalue weighted by Gasteiger charge is -2.21. The second kappa shape index (κ2) is 6.98. The molecular weight excluding hydrogens is 380 g/mol. The molecule has 2 heterocycles. The van der Waals surface area contributed by atoms with Gasteiger partial charge in [-0.15, -0.1) is 0 Å². The van der Waals surface area contributed by atoms with Gasteiger partial charge in [0.15, 0.2) is 10.4 Å². The van der Waals surface area contributed by atoms with Crippen LogP contribution in [0.4, 0.5) is 5.82 Å². The highest BCUT2D eigenvalue weighted by Crippen LogP contribution is 2.23. The summed E-state index contributed by atoms with van der Waals surface area (Å²) >= 11 is 9.43. The molecule has 0 fully saturated rings. The SMILES string of the molecule is O=C(c1ccc(Br)o1)N(Cc1ccccc1Cl)c1ccccn1. The van der Waals surface area contributed by atoms with Gasteiger partial charge in [0.05, 0.1) is 6.54 Å². The van der Waals surface area contributed by atoms with Crippen LogP contribution in [0.3, 0.4) is 0 Å². The maximum atomic E-state index is 12.8. The molecule has 1 amide bonds. The van der Waals surface area contributed by atoms with Crippen LogP contribution < -0.4 is 4.90 Å². The standard InChI is InChI=1S/C17H12BrClN2O2/c18-15-9-8-14(23-15)17(22)21(16-7-3-4-10-20-16)11-12-5-1-2-6-13(12)19/h1-10H,11H2. The molecule has 3 aromatic rings. The number of furan rings is 1. The number of aromatic nitrogens is 1. The summed E-state index contributed by atoms with van der Waals surface area (Å²) in [6.07, 6.45) is 1.64. The van der Waals surface area contributed by atoms with E-state index in [1.165, 1.54) is 4.90 Å². The largest absolute Gasteiger partial charge is 0.444 e. The van der Waals surface area contributed by atoms with Crippen molar-refractivity contribution in [3.63, 3.8) is 0 Å². The molecule has 0 N–H and O–H groups in total. The van der Waals surface area contributed by atoms with E-state index in [1.807, 2.05) is 24.3 Å². The average Bonchev–Trinajstić information content (AvgIpc) is 3.01. The van der Waals surface area contributed by atoms with Crippen LogP contribution >= 0.6 is 27.5 Å². The van der Waals surface area contributed by atoms with Crippen LogP contribution in [-0.4, -0.2) is 10.9 Å². The van der Waals surface area contributed by atoms with E-state index >= 15 is 0 Å². The lowest BCUT2D eigenvalue weighted by molar-refractivity contribution is 0.0956. The molecule has 2 aromatic heterocycles. The zero-order valence-corrected chi connectivity index (χ0v) is 14.3. The molecule has 0 radical (unpaired) electrons. The molecule has 0 saturated carbocycles. The van der Waals surface area contributed by atoms with Gasteiger partial charge in [-0.05, 0) is 51.8 Å². The van der Waals surface area contributed by atoms with Crippen LogP contribution in [0.25, 0.3) is 0 Å². The van der Waals surface area contributed by atoms with Gasteiger partial charge in [-0.25, -0.2) is 4.98 Å². The molecule has 0 unspecified atom stereocenters. The number of hydrogen-bond acceptors (Lipinski definition) is 3. The number of rotatable bonds is 4. The van der Waals surface area contributed by atoms with Crippen LogP contribution in [0.5, 0.6) is 0 Å². The number of anilines is 1. The summed E-state index contributed by atoms with van der Waals surface area (Å²) in [6, 6.07) is 16.1. The first-order valence-corrected chi connectivity index (χ1v) is 8.04. The fraction of sp³-hybridized carbons (Fsp3) is 0.0588.